The van der Waals surface area contributed by atoms with E-state index >= 15 is 0 Å². The van der Waals surface area contributed by atoms with Crippen LogP contribution in [0.3, 0.4) is 0 Å². The summed E-state index contributed by atoms with van der Waals surface area (Å²) in [4.78, 5) is 11.0. The van der Waals surface area contributed by atoms with Crippen LogP contribution >= 0.6 is 0 Å². The quantitative estimate of drug-likeness (QED) is 0.763. The highest BCUT2D eigenvalue weighted by atomic mass is 16.6. The van der Waals surface area contributed by atoms with E-state index in [0.29, 0.717) is 26.3 Å². The van der Waals surface area contributed by atoms with Crippen LogP contribution in [0.2, 0.25) is 0 Å². The lowest BCUT2D eigenvalue weighted by atomic mass is 10.2. The van der Waals surface area contributed by atoms with Gasteiger partial charge in [0.15, 0.2) is 6.10 Å². The minimum absolute atomic E-state index is 0.250. The van der Waals surface area contributed by atoms with E-state index in [0.717, 1.165) is 23.5 Å². The largest absolute Gasteiger partial charge is 0.493 e. The van der Waals surface area contributed by atoms with Gasteiger partial charge < -0.3 is 24.8 Å². The maximum atomic E-state index is 11.0. The van der Waals surface area contributed by atoms with Gasteiger partial charge in [-0.2, -0.15) is 0 Å². The fraction of sp³-hybridized carbons (Fsp3) is 0.533. The number of rotatable bonds is 8. The van der Waals surface area contributed by atoms with Gasteiger partial charge in [-0.15, -0.1) is 0 Å². The number of carbonyl (C=O) groups excluding carboxylic acids is 1. The molecule has 1 aromatic carbocycles. The zero-order valence-electron chi connectivity index (χ0n) is 12.5. The van der Waals surface area contributed by atoms with Crippen LogP contribution in [0.5, 0.6) is 11.5 Å². The summed E-state index contributed by atoms with van der Waals surface area (Å²) >= 11 is 0. The molecule has 0 aromatic heterocycles. The minimum Gasteiger partial charge on any atom is -0.493 e. The zero-order valence-corrected chi connectivity index (χ0v) is 12.5. The molecule has 1 aliphatic rings. The lowest BCUT2D eigenvalue weighted by Crippen LogP contribution is -2.22. The average Bonchev–Trinajstić information content (AvgIpc) is 2.90. The predicted molar refractivity (Wildman–Crippen MR) is 78.8 cm³/mol. The van der Waals surface area contributed by atoms with Gasteiger partial charge in [0, 0.05) is 18.2 Å². The first-order valence-corrected chi connectivity index (χ1v) is 7.20. The number of carbonyl (C=O) groups is 1. The molecule has 6 nitrogen and oxygen atoms in total. The van der Waals surface area contributed by atoms with Crippen molar-refractivity contribution >= 4 is 6.09 Å². The van der Waals surface area contributed by atoms with Crippen LogP contribution in [-0.2, 0) is 11.3 Å². The number of alkyl carbamates (subject to hydrolysis) is 1. The molecule has 1 aromatic rings. The third-order valence-electron chi connectivity index (χ3n) is 3.05. The van der Waals surface area contributed by atoms with Crippen molar-refractivity contribution in [3.8, 4) is 11.5 Å². The van der Waals surface area contributed by atoms with Crippen molar-refractivity contribution in [1.82, 2.24) is 10.6 Å². The summed E-state index contributed by atoms with van der Waals surface area (Å²) in [5, 5.41) is 5.71. The van der Waals surface area contributed by atoms with Crippen molar-refractivity contribution in [2.45, 2.75) is 26.0 Å². The maximum Gasteiger partial charge on any atom is 0.407 e. The standard InChI is InChI=1S/C15H22N2O4/c1-3-6-19-12-5-4-11(8-16-2)14(7-12)20-10-13-9-17-15(18)21-13/h4-5,7,13,16H,3,6,8-10H2,1-2H3,(H,17,18). The Morgan fingerprint density at radius 3 is 2.95 bits per heavy atom. The van der Waals surface area contributed by atoms with Crippen molar-refractivity contribution in [3.05, 3.63) is 23.8 Å². The minimum atomic E-state index is -0.390. The van der Waals surface area contributed by atoms with E-state index in [4.69, 9.17) is 14.2 Å². The molecule has 1 unspecified atom stereocenters. The van der Waals surface area contributed by atoms with Gasteiger partial charge in [-0.1, -0.05) is 13.0 Å². The van der Waals surface area contributed by atoms with E-state index in [1.165, 1.54) is 0 Å². The van der Waals surface area contributed by atoms with Crippen LogP contribution in [0.25, 0.3) is 0 Å². The zero-order chi connectivity index (χ0) is 15.1. The Labute approximate surface area is 124 Å². The molecule has 1 amide bonds. The normalized spacial score (nSPS) is 17.2. The monoisotopic (exact) mass is 294 g/mol. The Morgan fingerprint density at radius 1 is 1.43 bits per heavy atom. The number of ether oxygens (including phenoxy) is 3. The molecule has 116 valence electrons. The molecule has 1 fully saturated rings. The first kappa shape index (κ1) is 15.4. The van der Waals surface area contributed by atoms with E-state index in [2.05, 4.69) is 17.6 Å². The Hall–Kier alpha value is -1.95. The smallest absolute Gasteiger partial charge is 0.407 e. The molecule has 2 rings (SSSR count). The number of nitrogens with one attached hydrogen (secondary N) is 2. The average molecular weight is 294 g/mol. The molecule has 0 saturated carbocycles. The molecular weight excluding hydrogens is 272 g/mol. The highest BCUT2D eigenvalue weighted by molar-refractivity contribution is 5.69. The summed E-state index contributed by atoms with van der Waals surface area (Å²) in [6, 6.07) is 5.80. The van der Waals surface area contributed by atoms with Gasteiger partial charge in [0.2, 0.25) is 0 Å². The van der Waals surface area contributed by atoms with E-state index < -0.39 is 0 Å². The molecule has 0 bridgehead atoms. The van der Waals surface area contributed by atoms with Crippen molar-refractivity contribution in [2.24, 2.45) is 0 Å². The SMILES string of the molecule is CCCOc1ccc(CNC)c(OCC2CNC(=O)O2)c1. The van der Waals surface area contributed by atoms with Crippen molar-refractivity contribution < 1.29 is 19.0 Å². The van der Waals surface area contributed by atoms with Gasteiger partial charge in [-0.25, -0.2) is 4.79 Å². The van der Waals surface area contributed by atoms with Crippen molar-refractivity contribution in [2.75, 3.05) is 26.8 Å². The van der Waals surface area contributed by atoms with Crippen molar-refractivity contribution in [3.63, 3.8) is 0 Å². The summed E-state index contributed by atoms with van der Waals surface area (Å²) in [6.45, 7) is 4.24. The van der Waals surface area contributed by atoms with Gasteiger partial charge in [0.1, 0.15) is 18.1 Å². The van der Waals surface area contributed by atoms with Gasteiger partial charge in [0.25, 0.3) is 0 Å². The van der Waals surface area contributed by atoms with Crippen LogP contribution in [0, 0.1) is 0 Å². The molecule has 0 aliphatic carbocycles. The molecular formula is C15H22N2O4. The van der Waals surface area contributed by atoms with Gasteiger partial charge in [-0.3, -0.25) is 0 Å². The highest BCUT2D eigenvalue weighted by Crippen LogP contribution is 2.25. The summed E-state index contributed by atoms with van der Waals surface area (Å²) < 4.78 is 16.5. The summed E-state index contributed by atoms with van der Waals surface area (Å²) in [5.41, 5.74) is 1.04. The first-order chi connectivity index (χ1) is 10.2. The van der Waals surface area contributed by atoms with E-state index in [1.54, 1.807) is 0 Å². The summed E-state index contributed by atoms with van der Waals surface area (Å²) in [6.07, 6.45) is 0.317. The van der Waals surface area contributed by atoms with Crippen LogP contribution < -0.4 is 20.1 Å². The topological polar surface area (TPSA) is 68.8 Å². The van der Waals surface area contributed by atoms with Crippen molar-refractivity contribution in [1.29, 1.82) is 0 Å². The summed E-state index contributed by atoms with van der Waals surface area (Å²) in [7, 11) is 1.88. The highest BCUT2D eigenvalue weighted by Gasteiger charge is 2.23. The van der Waals surface area contributed by atoms with Crippen LogP contribution in [-0.4, -0.2) is 39.0 Å². The van der Waals surface area contributed by atoms with Crippen LogP contribution in [0.15, 0.2) is 18.2 Å². The molecule has 21 heavy (non-hydrogen) atoms. The summed E-state index contributed by atoms with van der Waals surface area (Å²) in [5.74, 6) is 1.54. The first-order valence-electron chi connectivity index (χ1n) is 7.20. The number of amides is 1. The van der Waals surface area contributed by atoms with Crippen LogP contribution in [0.4, 0.5) is 4.79 Å². The fourth-order valence-corrected chi connectivity index (χ4v) is 2.02. The molecule has 0 spiro atoms. The Kier molecular flexibility index (Phi) is 5.68. The number of cyclic esters (lactones) is 1. The third-order valence-corrected chi connectivity index (χ3v) is 3.05. The third kappa shape index (κ3) is 4.53. The fourth-order valence-electron chi connectivity index (χ4n) is 2.02. The second-order valence-electron chi connectivity index (χ2n) is 4.87. The molecule has 1 atom stereocenters. The Bertz CT molecular complexity index is 479. The van der Waals surface area contributed by atoms with Gasteiger partial charge in [0.05, 0.1) is 13.2 Å². The van der Waals surface area contributed by atoms with Gasteiger partial charge in [-0.05, 0) is 19.5 Å². The van der Waals surface area contributed by atoms with Gasteiger partial charge >= 0.3 is 6.09 Å². The molecule has 1 saturated heterocycles. The molecule has 0 radical (unpaired) electrons. The Balaban J connectivity index is 2.00. The van der Waals surface area contributed by atoms with E-state index in [1.807, 2.05) is 25.2 Å². The molecule has 6 heteroatoms. The lowest BCUT2D eigenvalue weighted by Gasteiger charge is -2.15. The van der Waals surface area contributed by atoms with E-state index in [9.17, 15) is 4.79 Å². The van der Waals surface area contributed by atoms with Crippen LogP contribution in [0.1, 0.15) is 18.9 Å². The predicted octanol–water partition coefficient (Wildman–Crippen LogP) is 1.68. The second kappa shape index (κ2) is 7.73. The molecule has 1 heterocycles. The molecule has 1 aliphatic heterocycles. The lowest BCUT2D eigenvalue weighted by molar-refractivity contribution is 0.104. The number of benzene rings is 1. The second-order valence-corrected chi connectivity index (χ2v) is 4.87. The number of hydrogen-bond donors (Lipinski definition) is 2. The van der Waals surface area contributed by atoms with E-state index in [-0.39, 0.29) is 12.2 Å². The molecule has 2 N–H and O–H groups in total. The Morgan fingerprint density at radius 2 is 2.29 bits per heavy atom. The number of hydrogen-bond acceptors (Lipinski definition) is 5. The maximum absolute atomic E-state index is 11.0.